The molecule has 0 radical (unpaired) electrons. The number of nitrogens with one attached hydrogen (secondary N) is 1. The van der Waals surface area contributed by atoms with Crippen LogP contribution in [0.1, 0.15) is 23.2 Å². The van der Waals surface area contributed by atoms with Crippen LogP contribution in [0.15, 0.2) is 53.1 Å². The third-order valence-electron chi connectivity index (χ3n) is 5.09. The summed E-state index contributed by atoms with van der Waals surface area (Å²) in [5, 5.41) is 7.94. The molecular formula is C21H21ClN4O2. The summed E-state index contributed by atoms with van der Waals surface area (Å²) < 4.78 is 5.47. The lowest BCUT2D eigenvalue weighted by atomic mass is 10.0. The molecule has 1 amide bonds. The number of piperidine rings is 1. The fourth-order valence-corrected chi connectivity index (χ4v) is 3.67. The number of benzene rings is 2. The number of hydrogen-bond acceptors (Lipinski definition) is 5. The highest BCUT2D eigenvalue weighted by atomic mass is 35.5. The van der Waals surface area contributed by atoms with E-state index < -0.39 is 0 Å². The fourth-order valence-electron chi connectivity index (χ4n) is 3.48. The highest BCUT2D eigenvalue weighted by molar-refractivity contribution is 6.30. The maximum atomic E-state index is 13.1. The molecule has 0 saturated carbocycles. The molecule has 6 nitrogen and oxygen atoms in total. The minimum atomic E-state index is -0.00680. The number of nitrogens with zero attached hydrogens (tertiary/aromatic N) is 3. The van der Waals surface area contributed by atoms with E-state index in [4.69, 9.17) is 16.1 Å². The molecule has 28 heavy (non-hydrogen) atoms. The average Bonchev–Trinajstić information content (AvgIpc) is 3.23. The second-order valence-electron chi connectivity index (χ2n) is 6.83. The molecule has 2 aromatic carbocycles. The Balaban J connectivity index is 1.61. The lowest BCUT2D eigenvalue weighted by Gasteiger charge is -2.32. The van der Waals surface area contributed by atoms with E-state index in [0.717, 1.165) is 31.5 Å². The van der Waals surface area contributed by atoms with Gasteiger partial charge in [0.05, 0.1) is 11.1 Å². The average molecular weight is 397 g/mol. The van der Waals surface area contributed by atoms with Crippen molar-refractivity contribution in [3.05, 3.63) is 59.1 Å². The second-order valence-corrected chi connectivity index (χ2v) is 7.27. The molecule has 0 spiro atoms. The van der Waals surface area contributed by atoms with E-state index in [1.165, 1.54) is 0 Å². The molecule has 0 unspecified atom stereocenters. The van der Waals surface area contributed by atoms with Crippen molar-refractivity contribution in [3.8, 4) is 22.8 Å². The predicted molar refractivity (Wildman–Crippen MR) is 108 cm³/mol. The first-order valence-electron chi connectivity index (χ1n) is 9.31. The molecule has 144 valence electrons. The molecule has 1 aliphatic heterocycles. The number of carbonyl (C=O) groups excluding carboxylic acids is 1. The van der Waals surface area contributed by atoms with Gasteiger partial charge in [-0.3, -0.25) is 4.79 Å². The molecule has 2 heterocycles. The first-order valence-corrected chi connectivity index (χ1v) is 9.69. The molecule has 1 aliphatic rings. The zero-order valence-electron chi connectivity index (χ0n) is 15.6. The number of carbonyl (C=O) groups is 1. The highest BCUT2D eigenvalue weighted by Crippen LogP contribution is 2.27. The van der Waals surface area contributed by atoms with Crippen molar-refractivity contribution in [2.75, 3.05) is 20.1 Å². The summed E-state index contributed by atoms with van der Waals surface area (Å²) in [5.74, 6) is 0.756. The van der Waals surface area contributed by atoms with Crippen LogP contribution in [0.5, 0.6) is 0 Å². The van der Waals surface area contributed by atoms with Gasteiger partial charge in [0.15, 0.2) is 0 Å². The van der Waals surface area contributed by atoms with Gasteiger partial charge in [-0.2, -0.15) is 4.98 Å². The molecule has 1 N–H and O–H groups in total. The van der Waals surface area contributed by atoms with E-state index in [-0.39, 0.29) is 5.91 Å². The standard InChI is InChI=1S/C21H21ClN4O2/c1-23-16-9-11-26(12-10-16)21(27)18-8-3-2-7-17(18)20-24-19(25-28-20)14-5-4-6-15(22)13-14/h2-8,13,16,23H,9-12H2,1H3. The molecule has 1 fully saturated rings. The SMILES string of the molecule is CNC1CCN(C(=O)c2ccccc2-c2nc(-c3cccc(Cl)c3)no2)CC1. The summed E-state index contributed by atoms with van der Waals surface area (Å²) in [5.41, 5.74) is 1.98. The summed E-state index contributed by atoms with van der Waals surface area (Å²) in [7, 11) is 1.96. The van der Waals surface area contributed by atoms with Crippen LogP contribution in [0.4, 0.5) is 0 Å². The third kappa shape index (κ3) is 3.79. The monoisotopic (exact) mass is 396 g/mol. The number of amides is 1. The maximum Gasteiger partial charge on any atom is 0.259 e. The van der Waals surface area contributed by atoms with Gasteiger partial charge >= 0.3 is 0 Å². The molecule has 4 rings (SSSR count). The van der Waals surface area contributed by atoms with E-state index in [1.807, 2.05) is 48.3 Å². The second kappa shape index (κ2) is 8.12. The van der Waals surface area contributed by atoms with Crippen molar-refractivity contribution in [1.29, 1.82) is 0 Å². The normalized spacial score (nSPS) is 15.0. The number of aromatic nitrogens is 2. The summed E-state index contributed by atoms with van der Waals surface area (Å²) >= 11 is 6.05. The van der Waals surface area contributed by atoms with Gasteiger partial charge in [0, 0.05) is 29.7 Å². The molecule has 1 saturated heterocycles. The summed E-state index contributed by atoms with van der Waals surface area (Å²) in [6.07, 6.45) is 1.90. The summed E-state index contributed by atoms with van der Waals surface area (Å²) in [4.78, 5) is 19.5. The van der Waals surface area contributed by atoms with Gasteiger partial charge < -0.3 is 14.7 Å². The largest absolute Gasteiger partial charge is 0.339 e. The van der Waals surface area contributed by atoms with Crippen LogP contribution in [-0.4, -0.2) is 47.1 Å². The lowest BCUT2D eigenvalue weighted by molar-refractivity contribution is 0.0708. The van der Waals surface area contributed by atoms with Crippen LogP contribution in [0.2, 0.25) is 5.02 Å². The smallest absolute Gasteiger partial charge is 0.259 e. The molecular weight excluding hydrogens is 376 g/mol. The zero-order chi connectivity index (χ0) is 19.5. The number of halogens is 1. The van der Waals surface area contributed by atoms with Gasteiger partial charge in [0.25, 0.3) is 11.8 Å². The van der Waals surface area contributed by atoms with E-state index in [1.54, 1.807) is 12.1 Å². The molecule has 0 bridgehead atoms. The van der Waals surface area contributed by atoms with Crippen molar-refractivity contribution < 1.29 is 9.32 Å². The molecule has 3 aromatic rings. The van der Waals surface area contributed by atoms with Gasteiger partial charge in [0.1, 0.15) is 0 Å². The van der Waals surface area contributed by atoms with Crippen LogP contribution in [-0.2, 0) is 0 Å². The van der Waals surface area contributed by atoms with E-state index in [9.17, 15) is 4.79 Å². The zero-order valence-corrected chi connectivity index (χ0v) is 16.3. The summed E-state index contributed by atoms with van der Waals surface area (Å²) in [6, 6.07) is 15.1. The first kappa shape index (κ1) is 18.7. The van der Waals surface area contributed by atoms with Crippen LogP contribution in [0, 0.1) is 0 Å². The molecule has 7 heteroatoms. The van der Waals surface area contributed by atoms with Gasteiger partial charge in [0.2, 0.25) is 5.82 Å². The molecule has 0 atom stereocenters. The Labute approximate surface area is 168 Å². The van der Waals surface area contributed by atoms with Gasteiger partial charge in [-0.25, -0.2) is 0 Å². The Morgan fingerprint density at radius 1 is 1.18 bits per heavy atom. The molecule has 1 aromatic heterocycles. The minimum absolute atomic E-state index is 0.00680. The lowest BCUT2D eigenvalue weighted by Crippen LogP contribution is -2.44. The summed E-state index contributed by atoms with van der Waals surface area (Å²) in [6.45, 7) is 1.46. The van der Waals surface area contributed by atoms with Crippen LogP contribution in [0.25, 0.3) is 22.8 Å². The van der Waals surface area contributed by atoms with Crippen molar-refractivity contribution >= 4 is 17.5 Å². The van der Waals surface area contributed by atoms with Gasteiger partial charge in [-0.05, 0) is 44.2 Å². The number of rotatable bonds is 4. The number of hydrogen-bond donors (Lipinski definition) is 1. The fraction of sp³-hybridized carbons (Fsp3) is 0.286. The predicted octanol–water partition coefficient (Wildman–Crippen LogP) is 3.88. The van der Waals surface area contributed by atoms with Crippen LogP contribution in [0.3, 0.4) is 0 Å². The van der Waals surface area contributed by atoms with Crippen LogP contribution < -0.4 is 5.32 Å². The van der Waals surface area contributed by atoms with Gasteiger partial charge in [-0.1, -0.05) is 41.0 Å². The van der Waals surface area contributed by atoms with Crippen molar-refractivity contribution in [3.63, 3.8) is 0 Å². The van der Waals surface area contributed by atoms with Crippen molar-refractivity contribution in [2.24, 2.45) is 0 Å². The maximum absolute atomic E-state index is 13.1. The number of likely N-dealkylation sites (tertiary alicyclic amines) is 1. The van der Waals surface area contributed by atoms with Crippen molar-refractivity contribution in [2.45, 2.75) is 18.9 Å². The minimum Gasteiger partial charge on any atom is -0.339 e. The van der Waals surface area contributed by atoms with Gasteiger partial charge in [-0.15, -0.1) is 0 Å². The van der Waals surface area contributed by atoms with E-state index >= 15 is 0 Å². The van der Waals surface area contributed by atoms with E-state index in [2.05, 4.69) is 15.5 Å². The Bertz CT molecular complexity index is 980. The highest BCUT2D eigenvalue weighted by Gasteiger charge is 2.26. The first-order chi connectivity index (χ1) is 13.7. The Kier molecular flexibility index (Phi) is 5.41. The Hall–Kier alpha value is -2.70. The Morgan fingerprint density at radius 2 is 1.96 bits per heavy atom. The topological polar surface area (TPSA) is 71.3 Å². The van der Waals surface area contributed by atoms with E-state index in [0.29, 0.717) is 33.9 Å². The third-order valence-corrected chi connectivity index (χ3v) is 5.32. The molecule has 0 aliphatic carbocycles. The quantitative estimate of drug-likeness (QED) is 0.724. The van der Waals surface area contributed by atoms with Crippen LogP contribution >= 0.6 is 11.6 Å². The Morgan fingerprint density at radius 3 is 2.71 bits per heavy atom. The van der Waals surface area contributed by atoms with Crippen molar-refractivity contribution in [1.82, 2.24) is 20.4 Å².